The summed E-state index contributed by atoms with van der Waals surface area (Å²) in [6.45, 7) is 4.08. The predicted molar refractivity (Wildman–Crippen MR) is 123 cm³/mol. The Balaban J connectivity index is 1.82. The molecule has 7 nitrogen and oxygen atoms in total. The minimum Gasteiger partial charge on any atom is -0.493 e. The molecule has 0 fully saturated rings. The van der Waals surface area contributed by atoms with E-state index in [9.17, 15) is 4.79 Å². The molecule has 0 aliphatic rings. The molecule has 0 unspecified atom stereocenters. The summed E-state index contributed by atoms with van der Waals surface area (Å²) in [7, 11) is 3.19. The second-order valence-corrected chi connectivity index (χ2v) is 8.00. The molecule has 1 N–H and O–H groups in total. The Hall–Kier alpha value is -2.78. The van der Waals surface area contributed by atoms with Crippen LogP contribution in [0.2, 0.25) is 0 Å². The van der Waals surface area contributed by atoms with E-state index in [0.717, 1.165) is 15.7 Å². The Morgan fingerprint density at radius 1 is 1.13 bits per heavy atom. The number of nitrogens with one attached hydrogen (secondary N) is 1. The van der Waals surface area contributed by atoms with E-state index < -0.39 is 0 Å². The summed E-state index contributed by atoms with van der Waals surface area (Å²) in [4.78, 5) is 12.9. The maximum absolute atomic E-state index is 12.9. The molecular weight excluding hydrogens is 468 g/mol. The molecule has 0 radical (unpaired) electrons. The smallest absolute Gasteiger partial charge is 0.297 e. The van der Waals surface area contributed by atoms with E-state index in [4.69, 9.17) is 9.47 Å². The van der Waals surface area contributed by atoms with Gasteiger partial charge in [0, 0.05) is 22.5 Å². The molecule has 2 aromatic carbocycles. The van der Waals surface area contributed by atoms with Gasteiger partial charge in [0.25, 0.3) is 5.56 Å². The maximum atomic E-state index is 12.9. The maximum Gasteiger partial charge on any atom is 0.297 e. The predicted octanol–water partition coefficient (Wildman–Crippen LogP) is 4.64. The zero-order valence-electron chi connectivity index (χ0n) is 16.6. The Bertz CT molecular complexity index is 1090. The Morgan fingerprint density at radius 2 is 1.87 bits per heavy atom. The zero-order valence-corrected chi connectivity index (χ0v) is 19.0. The highest BCUT2D eigenvalue weighted by Crippen LogP contribution is 2.30. The fraction of sp³-hybridized carbons (Fsp3) is 0.190. The Labute approximate surface area is 187 Å². The first-order valence-electron chi connectivity index (χ1n) is 9.00. The first kappa shape index (κ1) is 21.9. The molecule has 0 spiro atoms. The number of hydrogen-bond donors (Lipinski definition) is 1. The summed E-state index contributed by atoms with van der Waals surface area (Å²) < 4.78 is 13.1. The largest absolute Gasteiger partial charge is 0.493 e. The van der Waals surface area contributed by atoms with Gasteiger partial charge in [-0.05, 0) is 42.0 Å². The molecule has 0 aliphatic carbocycles. The van der Waals surface area contributed by atoms with Crippen molar-refractivity contribution in [2.24, 2.45) is 0 Å². The number of methoxy groups -OCH3 is 2. The van der Waals surface area contributed by atoms with Gasteiger partial charge < -0.3 is 14.8 Å². The van der Waals surface area contributed by atoms with E-state index in [1.807, 2.05) is 42.5 Å². The van der Waals surface area contributed by atoms with Crippen molar-refractivity contribution < 1.29 is 9.47 Å². The average Bonchev–Trinajstić information content (AvgIpc) is 2.77. The lowest BCUT2D eigenvalue weighted by Gasteiger charge is -2.12. The lowest BCUT2D eigenvalue weighted by atomic mass is 10.2. The van der Waals surface area contributed by atoms with E-state index >= 15 is 0 Å². The number of aromatic nitrogens is 3. The van der Waals surface area contributed by atoms with E-state index in [0.29, 0.717) is 29.0 Å². The number of anilines is 2. The van der Waals surface area contributed by atoms with Crippen LogP contribution in [0, 0.1) is 0 Å². The van der Waals surface area contributed by atoms with Gasteiger partial charge in [0.2, 0.25) is 5.82 Å². The van der Waals surface area contributed by atoms with Gasteiger partial charge in [0.05, 0.1) is 14.2 Å². The van der Waals surface area contributed by atoms with Gasteiger partial charge in [0.15, 0.2) is 16.7 Å². The van der Waals surface area contributed by atoms with Gasteiger partial charge in [-0.15, -0.1) is 16.8 Å². The molecule has 0 aliphatic heterocycles. The van der Waals surface area contributed by atoms with E-state index in [2.05, 4.69) is 38.0 Å². The van der Waals surface area contributed by atoms with Gasteiger partial charge in [-0.2, -0.15) is 0 Å². The van der Waals surface area contributed by atoms with Crippen LogP contribution in [0.15, 0.2) is 69.5 Å². The van der Waals surface area contributed by atoms with Crippen LogP contribution in [-0.4, -0.2) is 29.0 Å². The highest BCUT2D eigenvalue weighted by atomic mass is 79.9. The summed E-state index contributed by atoms with van der Waals surface area (Å²) in [6.07, 6.45) is 1.66. The monoisotopic (exact) mass is 488 g/mol. The van der Waals surface area contributed by atoms with Crippen LogP contribution in [0.1, 0.15) is 5.56 Å². The molecule has 1 aromatic heterocycles. The van der Waals surface area contributed by atoms with Crippen molar-refractivity contribution in [1.82, 2.24) is 14.8 Å². The molecule has 30 heavy (non-hydrogen) atoms. The first-order valence-corrected chi connectivity index (χ1v) is 10.8. The standard InChI is InChI=1S/C21H21BrN4O3S/c1-4-11-26-20(27)19(23-16-8-6-15(22)7-9-16)24-25-21(26)30-13-14-5-10-17(28-2)18(12-14)29-3/h4-10,12H,1,11,13H2,2-3H3,(H,23,24). The molecule has 3 rings (SSSR count). The second-order valence-electron chi connectivity index (χ2n) is 6.15. The fourth-order valence-corrected chi connectivity index (χ4v) is 3.82. The van der Waals surface area contributed by atoms with Crippen molar-refractivity contribution in [3.63, 3.8) is 0 Å². The quantitative estimate of drug-likeness (QED) is 0.347. The van der Waals surface area contributed by atoms with Crippen LogP contribution in [-0.2, 0) is 12.3 Å². The minimum absolute atomic E-state index is 0.162. The van der Waals surface area contributed by atoms with Crippen LogP contribution in [0.4, 0.5) is 11.5 Å². The number of nitrogens with zero attached hydrogens (tertiary/aromatic N) is 3. The van der Waals surface area contributed by atoms with Gasteiger partial charge in [-0.3, -0.25) is 9.36 Å². The number of allylic oxidation sites excluding steroid dienone is 1. The summed E-state index contributed by atoms with van der Waals surface area (Å²) in [5.74, 6) is 2.07. The molecule has 0 atom stereocenters. The van der Waals surface area contributed by atoms with Crippen LogP contribution < -0.4 is 20.3 Å². The van der Waals surface area contributed by atoms with Crippen molar-refractivity contribution in [1.29, 1.82) is 0 Å². The number of halogens is 1. The number of rotatable bonds is 9. The summed E-state index contributed by atoms with van der Waals surface area (Å²) in [6, 6.07) is 13.2. The number of hydrogen-bond acceptors (Lipinski definition) is 7. The van der Waals surface area contributed by atoms with Crippen molar-refractivity contribution in [2.45, 2.75) is 17.5 Å². The van der Waals surface area contributed by atoms with Gasteiger partial charge in [0.1, 0.15) is 0 Å². The normalized spacial score (nSPS) is 10.5. The second kappa shape index (κ2) is 10.3. The van der Waals surface area contributed by atoms with Gasteiger partial charge in [-0.25, -0.2) is 0 Å². The van der Waals surface area contributed by atoms with Gasteiger partial charge in [-0.1, -0.05) is 39.8 Å². The Kier molecular flexibility index (Phi) is 7.53. The molecule has 9 heteroatoms. The molecule has 156 valence electrons. The van der Waals surface area contributed by atoms with Crippen LogP contribution in [0.25, 0.3) is 0 Å². The molecule has 0 bridgehead atoms. The lowest BCUT2D eigenvalue weighted by molar-refractivity contribution is 0.354. The SMILES string of the molecule is C=CCn1c(SCc2ccc(OC)c(OC)c2)nnc(Nc2ccc(Br)cc2)c1=O. The molecule has 0 saturated carbocycles. The van der Waals surface area contributed by atoms with Crippen LogP contribution >= 0.6 is 27.7 Å². The first-order chi connectivity index (χ1) is 14.5. The van der Waals surface area contributed by atoms with Gasteiger partial charge >= 0.3 is 0 Å². The minimum atomic E-state index is -0.261. The number of ether oxygens (including phenoxy) is 2. The lowest BCUT2D eigenvalue weighted by Crippen LogP contribution is -2.26. The van der Waals surface area contributed by atoms with Crippen LogP contribution in [0.3, 0.4) is 0 Å². The van der Waals surface area contributed by atoms with Crippen molar-refractivity contribution in [3.8, 4) is 11.5 Å². The van der Waals surface area contributed by atoms with E-state index in [-0.39, 0.29) is 11.4 Å². The highest BCUT2D eigenvalue weighted by Gasteiger charge is 2.13. The van der Waals surface area contributed by atoms with Crippen molar-refractivity contribution in [3.05, 3.63) is 75.5 Å². The summed E-state index contributed by atoms with van der Waals surface area (Å²) in [5.41, 5.74) is 1.50. The summed E-state index contributed by atoms with van der Waals surface area (Å²) >= 11 is 4.81. The number of benzene rings is 2. The topological polar surface area (TPSA) is 78.3 Å². The van der Waals surface area contributed by atoms with E-state index in [1.54, 1.807) is 24.9 Å². The molecule has 1 heterocycles. The summed E-state index contributed by atoms with van der Waals surface area (Å²) in [5, 5.41) is 11.9. The third-order valence-corrected chi connectivity index (χ3v) is 5.72. The molecule has 0 amide bonds. The molecular formula is C21H21BrN4O3S. The fourth-order valence-electron chi connectivity index (χ4n) is 2.67. The Morgan fingerprint density at radius 3 is 2.53 bits per heavy atom. The zero-order chi connectivity index (χ0) is 21.5. The average molecular weight is 489 g/mol. The number of thioether (sulfide) groups is 1. The third-order valence-electron chi connectivity index (χ3n) is 4.15. The molecule has 0 saturated heterocycles. The third kappa shape index (κ3) is 5.22. The van der Waals surface area contributed by atoms with Crippen molar-refractivity contribution >= 4 is 39.2 Å². The van der Waals surface area contributed by atoms with Crippen LogP contribution in [0.5, 0.6) is 11.5 Å². The molecule has 3 aromatic rings. The highest BCUT2D eigenvalue weighted by molar-refractivity contribution is 9.10. The van der Waals surface area contributed by atoms with E-state index in [1.165, 1.54) is 11.8 Å². The van der Waals surface area contributed by atoms with Crippen molar-refractivity contribution in [2.75, 3.05) is 19.5 Å².